The summed E-state index contributed by atoms with van der Waals surface area (Å²) in [6.07, 6.45) is 3.30. The van der Waals surface area contributed by atoms with E-state index in [2.05, 4.69) is 17.4 Å². The molecule has 1 aromatic heterocycles. The normalized spacial score (nSPS) is 14.5. The summed E-state index contributed by atoms with van der Waals surface area (Å²) < 4.78 is 11.6. The summed E-state index contributed by atoms with van der Waals surface area (Å²) in [6.45, 7) is 2.95. The first-order valence-corrected chi connectivity index (χ1v) is 10.4. The largest absolute Gasteiger partial charge is 0.486 e. The van der Waals surface area contributed by atoms with Crippen LogP contribution in [0.2, 0.25) is 0 Å². The summed E-state index contributed by atoms with van der Waals surface area (Å²) in [4.78, 5) is 14.6. The number of hydrogen-bond donors (Lipinski definition) is 1. The van der Waals surface area contributed by atoms with Crippen LogP contribution in [0.1, 0.15) is 35.6 Å². The first-order chi connectivity index (χ1) is 14.2. The average Bonchev–Trinajstić information content (AvgIpc) is 3.25. The minimum Gasteiger partial charge on any atom is -0.486 e. The van der Waals surface area contributed by atoms with E-state index in [1.165, 1.54) is 11.8 Å². The second-order valence-corrected chi connectivity index (χ2v) is 7.69. The molecule has 160 valence electrons. The fourth-order valence-electron chi connectivity index (χ4n) is 3.91. The lowest BCUT2D eigenvalue weighted by Gasteiger charge is -2.31. The van der Waals surface area contributed by atoms with Crippen molar-refractivity contribution in [1.82, 2.24) is 10.2 Å². The summed E-state index contributed by atoms with van der Waals surface area (Å²) in [5.74, 6) is 2.53. The number of furan rings is 1. The molecule has 0 saturated carbocycles. The molecule has 0 bridgehead atoms. The second-order valence-electron chi connectivity index (χ2n) is 7.69. The lowest BCUT2D eigenvalue weighted by molar-refractivity contribution is 0.0651. The van der Waals surface area contributed by atoms with Crippen LogP contribution >= 0.6 is 12.4 Å². The standard InChI is InChI=1S/C24H28N2O3.ClH/c1-25-13-10-18-11-14-26(15-12-18)24(27)23-9-8-22(29-23)17-28-21-7-6-19-4-2-3-5-20(19)16-21;/h2-9,16,18,25H,10-15,17H2,1H3;1H. The molecule has 0 aliphatic carbocycles. The van der Waals surface area contributed by atoms with Crippen molar-refractivity contribution in [1.29, 1.82) is 0 Å². The highest BCUT2D eigenvalue weighted by Gasteiger charge is 2.25. The highest BCUT2D eigenvalue weighted by atomic mass is 35.5. The molecule has 1 aliphatic heterocycles. The Morgan fingerprint density at radius 2 is 1.87 bits per heavy atom. The molecule has 4 rings (SSSR count). The van der Waals surface area contributed by atoms with Crippen molar-refractivity contribution in [3.8, 4) is 5.75 Å². The maximum Gasteiger partial charge on any atom is 0.289 e. The number of nitrogens with zero attached hydrogens (tertiary/aromatic N) is 1. The number of nitrogens with one attached hydrogen (secondary N) is 1. The molecule has 6 heteroatoms. The van der Waals surface area contributed by atoms with Gasteiger partial charge in [-0.1, -0.05) is 30.3 Å². The molecule has 1 saturated heterocycles. The number of likely N-dealkylation sites (tertiary alicyclic amines) is 1. The molecule has 0 spiro atoms. The van der Waals surface area contributed by atoms with Crippen LogP contribution in [0.15, 0.2) is 59.0 Å². The van der Waals surface area contributed by atoms with Gasteiger partial charge in [-0.05, 0) is 73.8 Å². The predicted molar refractivity (Wildman–Crippen MR) is 121 cm³/mol. The van der Waals surface area contributed by atoms with E-state index in [1.807, 2.05) is 48.3 Å². The summed E-state index contributed by atoms with van der Waals surface area (Å²) in [5.41, 5.74) is 0. The van der Waals surface area contributed by atoms with E-state index in [0.29, 0.717) is 24.0 Å². The van der Waals surface area contributed by atoms with Crippen LogP contribution in [0.25, 0.3) is 10.8 Å². The van der Waals surface area contributed by atoms with E-state index in [4.69, 9.17) is 9.15 Å². The quantitative estimate of drug-likeness (QED) is 0.581. The lowest BCUT2D eigenvalue weighted by atomic mass is 9.93. The zero-order chi connectivity index (χ0) is 20.1. The molecule has 3 aromatic rings. The monoisotopic (exact) mass is 428 g/mol. The van der Waals surface area contributed by atoms with Crippen molar-refractivity contribution in [2.24, 2.45) is 5.92 Å². The Bertz CT molecular complexity index is 964. The highest BCUT2D eigenvalue weighted by Crippen LogP contribution is 2.24. The number of ether oxygens (including phenoxy) is 1. The van der Waals surface area contributed by atoms with Gasteiger partial charge in [-0.2, -0.15) is 0 Å². The van der Waals surface area contributed by atoms with Gasteiger partial charge in [-0.3, -0.25) is 4.79 Å². The highest BCUT2D eigenvalue weighted by molar-refractivity contribution is 5.91. The molecule has 5 nitrogen and oxygen atoms in total. The predicted octanol–water partition coefficient (Wildman–Crippen LogP) is 4.90. The minimum absolute atomic E-state index is 0. The first kappa shape index (κ1) is 22.2. The Labute approximate surface area is 183 Å². The van der Waals surface area contributed by atoms with Crippen LogP contribution in [0.3, 0.4) is 0 Å². The van der Waals surface area contributed by atoms with Gasteiger partial charge in [0.2, 0.25) is 0 Å². The molecule has 30 heavy (non-hydrogen) atoms. The topological polar surface area (TPSA) is 54.7 Å². The number of carbonyl (C=O) groups is 1. The Kier molecular flexibility index (Phi) is 7.77. The molecule has 0 unspecified atom stereocenters. The molecule has 2 heterocycles. The minimum atomic E-state index is -0.0194. The number of fused-ring (bicyclic) bond motifs is 1. The second kappa shape index (κ2) is 10.5. The molecule has 1 fully saturated rings. The SMILES string of the molecule is CNCCC1CCN(C(=O)c2ccc(COc3ccc4ccccc4c3)o2)CC1.Cl. The van der Waals surface area contributed by atoms with Crippen molar-refractivity contribution in [2.75, 3.05) is 26.7 Å². The van der Waals surface area contributed by atoms with Crippen LogP contribution < -0.4 is 10.1 Å². The molecule has 1 N–H and O–H groups in total. The average molecular weight is 429 g/mol. The van der Waals surface area contributed by atoms with E-state index in [1.54, 1.807) is 6.07 Å². The number of benzene rings is 2. The lowest BCUT2D eigenvalue weighted by Crippen LogP contribution is -2.38. The van der Waals surface area contributed by atoms with Crippen molar-refractivity contribution >= 4 is 29.1 Å². The van der Waals surface area contributed by atoms with E-state index < -0.39 is 0 Å². The smallest absolute Gasteiger partial charge is 0.289 e. The Morgan fingerprint density at radius 1 is 1.10 bits per heavy atom. The zero-order valence-corrected chi connectivity index (χ0v) is 18.1. The summed E-state index contributed by atoms with van der Waals surface area (Å²) in [5, 5.41) is 5.52. The van der Waals surface area contributed by atoms with Crippen LogP contribution in [0, 0.1) is 5.92 Å². The van der Waals surface area contributed by atoms with Gasteiger partial charge < -0.3 is 19.4 Å². The van der Waals surface area contributed by atoms with Crippen molar-refractivity contribution in [2.45, 2.75) is 25.9 Å². The Hall–Kier alpha value is -2.50. The zero-order valence-electron chi connectivity index (χ0n) is 17.3. The Balaban J connectivity index is 0.00000256. The van der Waals surface area contributed by atoms with Crippen molar-refractivity contribution < 1.29 is 13.9 Å². The fraction of sp³-hybridized carbons (Fsp3) is 0.375. The Morgan fingerprint density at radius 3 is 2.63 bits per heavy atom. The van der Waals surface area contributed by atoms with Crippen LogP contribution in [-0.2, 0) is 6.61 Å². The number of hydrogen-bond acceptors (Lipinski definition) is 4. The third-order valence-electron chi connectivity index (χ3n) is 5.68. The van der Waals surface area contributed by atoms with Gasteiger partial charge in [0.05, 0.1) is 0 Å². The van der Waals surface area contributed by atoms with E-state index in [9.17, 15) is 4.79 Å². The molecular formula is C24H29ClN2O3. The first-order valence-electron chi connectivity index (χ1n) is 10.4. The summed E-state index contributed by atoms with van der Waals surface area (Å²) in [6, 6.07) is 17.8. The number of rotatable bonds is 7. The van der Waals surface area contributed by atoms with Gasteiger partial charge in [0.25, 0.3) is 5.91 Å². The molecular weight excluding hydrogens is 400 g/mol. The van der Waals surface area contributed by atoms with Gasteiger partial charge in [0.15, 0.2) is 5.76 Å². The number of piperidine rings is 1. The van der Waals surface area contributed by atoms with Gasteiger partial charge in [-0.15, -0.1) is 12.4 Å². The maximum absolute atomic E-state index is 12.7. The third kappa shape index (κ3) is 5.35. The molecule has 1 aliphatic rings. The van der Waals surface area contributed by atoms with Crippen molar-refractivity contribution in [3.63, 3.8) is 0 Å². The number of amides is 1. The molecule has 1 amide bonds. The van der Waals surface area contributed by atoms with Gasteiger partial charge >= 0.3 is 0 Å². The maximum atomic E-state index is 12.7. The summed E-state index contributed by atoms with van der Waals surface area (Å²) >= 11 is 0. The molecule has 0 radical (unpaired) electrons. The fourth-order valence-corrected chi connectivity index (χ4v) is 3.91. The van der Waals surface area contributed by atoms with Gasteiger partial charge in [0.1, 0.15) is 18.1 Å². The van der Waals surface area contributed by atoms with Gasteiger partial charge in [-0.25, -0.2) is 0 Å². The van der Waals surface area contributed by atoms with E-state index >= 15 is 0 Å². The van der Waals surface area contributed by atoms with Crippen LogP contribution in [0.5, 0.6) is 5.75 Å². The van der Waals surface area contributed by atoms with Crippen LogP contribution in [-0.4, -0.2) is 37.5 Å². The summed E-state index contributed by atoms with van der Waals surface area (Å²) in [7, 11) is 1.98. The molecule has 0 atom stereocenters. The third-order valence-corrected chi connectivity index (χ3v) is 5.68. The van der Waals surface area contributed by atoms with Crippen molar-refractivity contribution in [3.05, 3.63) is 66.1 Å². The van der Waals surface area contributed by atoms with E-state index in [-0.39, 0.29) is 18.3 Å². The van der Waals surface area contributed by atoms with Gasteiger partial charge in [0, 0.05) is 13.1 Å². The molecule has 2 aromatic carbocycles. The number of halogens is 1. The van der Waals surface area contributed by atoms with E-state index in [0.717, 1.165) is 43.6 Å². The number of carbonyl (C=O) groups excluding carboxylic acids is 1. The van der Waals surface area contributed by atoms with Crippen LogP contribution in [0.4, 0.5) is 0 Å².